The first-order valence-corrected chi connectivity index (χ1v) is 9.52. The predicted molar refractivity (Wildman–Crippen MR) is 105 cm³/mol. The van der Waals surface area contributed by atoms with Gasteiger partial charge in [-0.05, 0) is 49.6 Å². The number of rotatable bonds is 3. The number of aromatic nitrogens is 1. The van der Waals surface area contributed by atoms with Crippen LogP contribution in [0, 0.1) is 6.92 Å². The molecule has 5 nitrogen and oxygen atoms in total. The molecule has 0 radical (unpaired) electrons. The van der Waals surface area contributed by atoms with E-state index in [2.05, 4.69) is 46.0 Å². The number of anilines is 2. The number of likely N-dealkylation sites (tertiary alicyclic amines) is 1. The summed E-state index contributed by atoms with van der Waals surface area (Å²) in [7, 11) is 0. The van der Waals surface area contributed by atoms with Gasteiger partial charge in [-0.1, -0.05) is 12.1 Å². The highest BCUT2D eigenvalue weighted by Crippen LogP contribution is 2.21. The van der Waals surface area contributed by atoms with Crippen LogP contribution in [-0.2, 0) is 0 Å². The summed E-state index contributed by atoms with van der Waals surface area (Å²) in [6.07, 6.45) is 4.07. The molecule has 2 aliphatic rings. The van der Waals surface area contributed by atoms with Gasteiger partial charge in [0.1, 0.15) is 5.69 Å². The number of carbonyl (C=O) groups excluding carboxylic acids is 1. The van der Waals surface area contributed by atoms with E-state index in [-0.39, 0.29) is 5.91 Å². The summed E-state index contributed by atoms with van der Waals surface area (Å²) < 4.78 is 0. The Morgan fingerprint density at radius 2 is 1.58 bits per heavy atom. The molecule has 0 spiro atoms. The third-order valence-corrected chi connectivity index (χ3v) is 5.37. The van der Waals surface area contributed by atoms with Crippen molar-refractivity contribution in [2.45, 2.75) is 19.8 Å². The van der Waals surface area contributed by atoms with E-state index in [1.54, 1.807) is 0 Å². The van der Waals surface area contributed by atoms with Gasteiger partial charge < -0.3 is 14.7 Å². The van der Waals surface area contributed by atoms with Crippen molar-refractivity contribution in [3.05, 3.63) is 53.9 Å². The van der Waals surface area contributed by atoms with Crippen LogP contribution in [0.2, 0.25) is 0 Å². The summed E-state index contributed by atoms with van der Waals surface area (Å²) >= 11 is 0. The van der Waals surface area contributed by atoms with E-state index >= 15 is 0 Å². The maximum Gasteiger partial charge on any atom is 0.272 e. The lowest BCUT2D eigenvalue weighted by atomic mass is 10.2. The first-order chi connectivity index (χ1) is 12.7. The van der Waals surface area contributed by atoms with Gasteiger partial charge in [-0.15, -0.1) is 0 Å². The first kappa shape index (κ1) is 16.9. The SMILES string of the molecule is Cc1cccc(N2CCN(c3ccc(C(=O)N4CCCC4)nc3)CC2)c1. The van der Waals surface area contributed by atoms with Gasteiger partial charge in [0.05, 0.1) is 11.9 Å². The average molecular weight is 350 g/mol. The summed E-state index contributed by atoms with van der Waals surface area (Å²) in [6.45, 7) is 7.79. The second-order valence-corrected chi connectivity index (χ2v) is 7.21. The van der Waals surface area contributed by atoms with Crippen molar-refractivity contribution in [2.24, 2.45) is 0 Å². The van der Waals surface area contributed by atoms with Crippen LogP contribution in [0.3, 0.4) is 0 Å². The number of benzene rings is 1. The van der Waals surface area contributed by atoms with Gasteiger partial charge >= 0.3 is 0 Å². The molecule has 0 N–H and O–H groups in total. The number of nitrogens with zero attached hydrogens (tertiary/aromatic N) is 4. The average Bonchev–Trinajstić information content (AvgIpc) is 3.23. The third-order valence-electron chi connectivity index (χ3n) is 5.37. The molecule has 4 rings (SSSR count). The molecule has 136 valence electrons. The van der Waals surface area contributed by atoms with E-state index in [1.165, 1.54) is 11.3 Å². The van der Waals surface area contributed by atoms with Crippen molar-refractivity contribution in [3.63, 3.8) is 0 Å². The van der Waals surface area contributed by atoms with Crippen molar-refractivity contribution in [3.8, 4) is 0 Å². The van der Waals surface area contributed by atoms with Crippen LogP contribution in [0.5, 0.6) is 0 Å². The molecule has 1 amide bonds. The maximum atomic E-state index is 12.4. The van der Waals surface area contributed by atoms with E-state index in [1.807, 2.05) is 23.2 Å². The van der Waals surface area contributed by atoms with Crippen molar-refractivity contribution >= 4 is 17.3 Å². The fraction of sp³-hybridized carbons (Fsp3) is 0.429. The minimum atomic E-state index is 0.0679. The van der Waals surface area contributed by atoms with E-state index in [9.17, 15) is 4.79 Å². The van der Waals surface area contributed by atoms with Crippen molar-refractivity contribution < 1.29 is 4.79 Å². The van der Waals surface area contributed by atoms with E-state index < -0.39 is 0 Å². The van der Waals surface area contributed by atoms with Gasteiger partial charge in [0.2, 0.25) is 0 Å². The van der Waals surface area contributed by atoms with Gasteiger partial charge in [-0.2, -0.15) is 0 Å². The normalized spacial score (nSPS) is 17.7. The molecule has 26 heavy (non-hydrogen) atoms. The molecule has 2 saturated heterocycles. The van der Waals surface area contributed by atoms with Gasteiger partial charge in [0.25, 0.3) is 5.91 Å². The molecular weight excluding hydrogens is 324 g/mol. The third kappa shape index (κ3) is 3.52. The number of aryl methyl sites for hydroxylation is 1. The lowest BCUT2D eigenvalue weighted by Gasteiger charge is -2.37. The minimum Gasteiger partial charge on any atom is -0.368 e. The Morgan fingerprint density at radius 3 is 2.19 bits per heavy atom. The molecule has 0 saturated carbocycles. The summed E-state index contributed by atoms with van der Waals surface area (Å²) in [5.74, 6) is 0.0679. The van der Waals surface area contributed by atoms with E-state index in [4.69, 9.17) is 0 Å². The van der Waals surface area contributed by atoms with Crippen LogP contribution in [0.25, 0.3) is 0 Å². The molecule has 0 atom stereocenters. The van der Waals surface area contributed by atoms with E-state index in [0.29, 0.717) is 5.69 Å². The number of hydrogen-bond donors (Lipinski definition) is 0. The molecule has 5 heteroatoms. The zero-order valence-corrected chi connectivity index (χ0v) is 15.4. The molecule has 1 aromatic heterocycles. The highest BCUT2D eigenvalue weighted by atomic mass is 16.2. The summed E-state index contributed by atoms with van der Waals surface area (Å²) in [5.41, 5.74) is 4.27. The minimum absolute atomic E-state index is 0.0679. The highest BCUT2D eigenvalue weighted by molar-refractivity contribution is 5.92. The molecular formula is C21H26N4O. The molecule has 2 aliphatic heterocycles. The standard InChI is InChI=1S/C21H26N4O/c1-17-5-4-6-18(15-17)23-11-13-24(14-12-23)19-7-8-20(22-16-19)21(26)25-9-2-3-10-25/h4-8,15-16H,2-3,9-14H2,1H3. The van der Waals surface area contributed by atoms with Gasteiger partial charge in [-0.25, -0.2) is 4.98 Å². The summed E-state index contributed by atoms with van der Waals surface area (Å²) in [5, 5.41) is 0. The van der Waals surface area contributed by atoms with Crippen LogP contribution in [-0.4, -0.2) is 55.1 Å². The van der Waals surface area contributed by atoms with Crippen LogP contribution in [0.15, 0.2) is 42.6 Å². The van der Waals surface area contributed by atoms with Crippen LogP contribution in [0.1, 0.15) is 28.9 Å². The number of carbonyl (C=O) groups is 1. The molecule has 0 unspecified atom stereocenters. The van der Waals surface area contributed by atoms with Crippen molar-refractivity contribution in [1.82, 2.24) is 9.88 Å². The van der Waals surface area contributed by atoms with Gasteiger partial charge in [-0.3, -0.25) is 4.79 Å². The Labute approximate surface area is 155 Å². The molecule has 1 aromatic carbocycles. The fourth-order valence-corrected chi connectivity index (χ4v) is 3.83. The number of pyridine rings is 1. The molecule has 3 heterocycles. The zero-order chi connectivity index (χ0) is 17.9. The Bertz CT molecular complexity index is 760. The zero-order valence-electron chi connectivity index (χ0n) is 15.4. The van der Waals surface area contributed by atoms with Crippen molar-refractivity contribution in [2.75, 3.05) is 49.1 Å². The summed E-state index contributed by atoms with van der Waals surface area (Å²) in [4.78, 5) is 23.5. The Kier molecular flexibility index (Phi) is 4.78. The number of piperazine rings is 1. The fourth-order valence-electron chi connectivity index (χ4n) is 3.83. The molecule has 2 fully saturated rings. The molecule has 2 aromatic rings. The van der Waals surface area contributed by atoms with Crippen LogP contribution >= 0.6 is 0 Å². The summed E-state index contributed by atoms with van der Waals surface area (Å²) in [6, 6.07) is 12.6. The Balaban J connectivity index is 1.37. The van der Waals surface area contributed by atoms with Crippen LogP contribution in [0.4, 0.5) is 11.4 Å². The van der Waals surface area contributed by atoms with E-state index in [0.717, 1.165) is 57.8 Å². The smallest absolute Gasteiger partial charge is 0.272 e. The Morgan fingerprint density at radius 1 is 0.885 bits per heavy atom. The molecule has 0 aliphatic carbocycles. The Hall–Kier alpha value is -2.56. The molecule has 0 bridgehead atoms. The monoisotopic (exact) mass is 350 g/mol. The van der Waals surface area contributed by atoms with Gasteiger partial charge in [0, 0.05) is 45.0 Å². The second kappa shape index (κ2) is 7.36. The number of hydrogen-bond acceptors (Lipinski definition) is 4. The lowest BCUT2D eigenvalue weighted by molar-refractivity contribution is 0.0787. The largest absolute Gasteiger partial charge is 0.368 e. The van der Waals surface area contributed by atoms with Gasteiger partial charge in [0.15, 0.2) is 0 Å². The topological polar surface area (TPSA) is 39.7 Å². The lowest BCUT2D eigenvalue weighted by Crippen LogP contribution is -2.46. The quantitative estimate of drug-likeness (QED) is 0.853. The van der Waals surface area contributed by atoms with Crippen LogP contribution < -0.4 is 9.80 Å². The number of amides is 1. The first-order valence-electron chi connectivity index (χ1n) is 9.52. The predicted octanol–water partition coefficient (Wildman–Crippen LogP) is 2.95. The van der Waals surface area contributed by atoms with Crippen molar-refractivity contribution in [1.29, 1.82) is 0 Å². The maximum absolute atomic E-state index is 12.4. The highest BCUT2D eigenvalue weighted by Gasteiger charge is 2.22. The second-order valence-electron chi connectivity index (χ2n) is 7.21.